The fourth-order valence-corrected chi connectivity index (χ4v) is 4.51. The quantitative estimate of drug-likeness (QED) is 0.835. The number of hydrogen-bond donors (Lipinski definition) is 1. The molecule has 0 atom stereocenters. The highest BCUT2D eigenvalue weighted by Gasteiger charge is 2.19. The molecule has 2 heterocycles. The van der Waals surface area contributed by atoms with E-state index < -0.39 is 0 Å². The van der Waals surface area contributed by atoms with Gasteiger partial charge < -0.3 is 5.32 Å². The number of nitrogens with one attached hydrogen (secondary N) is 1. The summed E-state index contributed by atoms with van der Waals surface area (Å²) >= 11 is 0. The lowest BCUT2D eigenvalue weighted by Crippen LogP contribution is -2.38. The van der Waals surface area contributed by atoms with Crippen LogP contribution in [0.4, 0.5) is 5.69 Å². The molecule has 0 aromatic carbocycles. The number of aryl methyl sites for hydroxylation is 2. The summed E-state index contributed by atoms with van der Waals surface area (Å²) in [5, 5.41) is 4.28. The van der Waals surface area contributed by atoms with Crippen LogP contribution in [0.2, 0.25) is 0 Å². The van der Waals surface area contributed by atoms with E-state index in [9.17, 15) is 9.59 Å². The second-order valence-electron chi connectivity index (χ2n) is 8.52. The Morgan fingerprint density at radius 3 is 2.03 bits per heavy atom. The smallest absolute Gasteiger partial charge is 0.332 e. The van der Waals surface area contributed by atoms with Crippen molar-refractivity contribution in [1.29, 1.82) is 0 Å². The Hall–Kier alpha value is -2.11. The maximum Gasteiger partial charge on any atom is 0.332 e. The van der Waals surface area contributed by atoms with Crippen molar-refractivity contribution in [3.8, 4) is 0 Å². The Labute approximate surface area is 173 Å². The Morgan fingerprint density at radius 2 is 1.48 bits per heavy atom. The predicted octanol–water partition coefficient (Wildman–Crippen LogP) is 4.28. The van der Waals surface area contributed by atoms with E-state index in [2.05, 4.69) is 17.2 Å². The van der Waals surface area contributed by atoms with Crippen molar-refractivity contribution in [2.45, 2.75) is 90.0 Å². The zero-order valence-electron chi connectivity index (χ0n) is 18.3. The number of rotatable bonds is 3. The minimum Gasteiger partial charge on any atom is -0.381 e. The van der Waals surface area contributed by atoms with Gasteiger partial charge in [0, 0.05) is 26.3 Å². The van der Waals surface area contributed by atoms with Crippen LogP contribution in [0.25, 0.3) is 11.0 Å². The molecule has 0 amide bonds. The molecular formula is C23H36N4O2. The average Bonchev–Trinajstić information content (AvgIpc) is 2.72. The highest BCUT2D eigenvalue weighted by Crippen LogP contribution is 2.27. The summed E-state index contributed by atoms with van der Waals surface area (Å²) in [6, 6.07) is 0.354. The van der Waals surface area contributed by atoms with E-state index in [0.29, 0.717) is 17.1 Å². The highest BCUT2D eigenvalue weighted by atomic mass is 16.2. The number of fused-ring (bicyclic) bond motifs is 1. The van der Waals surface area contributed by atoms with Crippen molar-refractivity contribution >= 4 is 16.7 Å². The van der Waals surface area contributed by atoms with Gasteiger partial charge in [0.25, 0.3) is 5.56 Å². The van der Waals surface area contributed by atoms with Crippen molar-refractivity contribution in [2.24, 2.45) is 14.1 Å². The molecule has 0 saturated heterocycles. The number of anilines is 1. The first-order valence-electron chi connectivity index (χ1n) is 11.4. The summed E-state index contributed by atoms with van der Waals surface area (Å²) in [5.74, 6) is 0. The summed E-state index contributed by atoms with van der Waals surface area (Å²) in [4.78, 5) is 29.8. The Kier molecular flexibility index (Phi) is 7.51. The van der Waals surface area contributed by atoms with Gasteiger partial charge in [-0.15, -0.1) is 0 Å². The fraction of sp³-hybridized carbons (Fsp3) is 0.696. The molecule has 1 fully saturated rings. The molecule has 2 aromatic rings. The van der Waals surface area contributed by atoms with Gasteiger partial charge in [0.1, 0.15) is 5.39 Å². The van der Waals surface area contributed by atoms with Crippen molar-refractivity contribution in [3.63, 3.8) is 0 Å². The zero-order chi connectivity index (χ0) is 20.8. The third-order valence-electron chi connectivity index (χ3n) is 6.38. The average molecular weight is 401 g/mol. The molecular weight excluding hydrogens is 364 g/mol. The number of pyridine rings is 1. The highest BCUT2D eigenvalue weighted by molar-refractivity contribution is 5.90. The standard InChI is InChI=1S/C23H36N4O2/c1-4-17-16-24-21-19(22(28)27(3)23(29)26(21)2)20(17)25-18-14-12-10-8-6-5-7-9-11-13-15-18/h16,18H,4-15H2,1-3H3,(H,24,25). The fourth-order valence-electron chi connectivity index (χ4n) is 4.51. The van der Waals surface area contributed by atoms with E-state index in [1.54, 1.807) is 14.1 Å². The molecule has 0 unspecified atom stereocenters. The monoisotopic (exact) mass is 400 g/mol. The van der Waals surface area contributed by atoms with Gasteiger partial charge in [-0.1, -0.05) is 64.7 Å². The van der Waals surface area contributed by atoms with Crippen LogP contribution in [0.3, 0.4) is 0 Å². The molecule has 0 aliphatic heterocycles. The summed E-state index contributed by atoms with van der Waals surface area (Å²) in [5.41, 5.74) is 1.79. The van der Waals surface area contributed by atoms with E-state index >= 15 is 0 Å². The van der Waals surface area contributed by atoms with Gasteiger partial charge in [0.15, 0.2) is 5.65 Å². The second kappa shape index (κ2) is 10.1. The van der Waals surface area contributed by atoms with Crippen LogP contribution in [0.5, 0.6) is 0 Å². The van der Waals surface area contributed by atoms with E-state index in [1.807, 2.05) is 6.20 Å². The number of aromatic nitrogens is 3. The minimum absolute atomic E-state index is 0.262. The normalized spacial score (nSPS) is 17.6. The lowest BCUT2D eigenvalue weighted by Gasteiger charge is -2.23. The molecule has 1 aliphatic carbocycles. The maximum absolute atomic E-state index is 13.0. The van der Waals surface area contributed by atoms with Gasteiger partial charge in [0.2, 0.25) is 0 Å². The van der Waals surface area contributed by atoms with E-state index in [-0.39, 0.29) is 11.2 Å². The number of hydrogen-bond acceptors (Lipinski definition) is 4. The molecule has 0 radical (unpaired) electrons. The third-order valence-corrected chi connectivity index (χ3v) is 6.38. The van der Waals surface area contributed by atoms with E-state index in [1.165, 1.54) is 66.9 Å². The number of nitrogens with zero attached hydrogens (tertiary/aromatic N) is 3. The Morgan fingerprint density at radius 1 is 0.931 bits per heavy atom. The zero-order valence-corrected chi connectivity index (χ0v) is 18.3. The van der Waals surface area contributed by atoms with E-state index in [4.69, 9.17) is 0 Å². The first-order valence-corrected chi connectivity index (χ1v) is 11.4. The van der Waals surface area contributed by atoms with Crippen LogP contribution in [-0.2, 0) is 20.5 Å². The van der Waals surface area contributed by atoms with Crippen LogP contribution in [0.15, 0.2) is 15.8 Å². The van der Waals surface area contributed by atoms with Crippen molar-refractivity contribution in [3.05, 3.63) is 32.6 Å². The summed E-state index contributed by atoms with van der Waals surface area (Å²) < 4.78 is 2.66. The van der Waals surface area contributed by atoms with Gasteiger partial charge in [-0.05, 0) is 24.8 Å². The Bertz CT molecular complexity index is 933. The largest absolute Gasteiger partial charge is 0.381 e. The maximum atomic E-state index is 13.0. The summed E-state index contributed by atoms with van der Waals surface area (Å²) in [6.07, 6.45) is 16.6. The topological polar surface area (TPSA) is 68.9 Å². The Balaban J connectivity index is 1.98. The van der Waals surface area contributed by atoms with Gasteiger partial charge in [-0.2, -0.15) is 0 Å². The molecule has 160 valence electrons. The second-order valence-corrected chi connectivity index (χ2v) is 8.52. The molecule has 2 aromatic heterocycles. The lowest BCUT2D eigenvalue weighted by molar-refractivity contribution is 0.480. The van der Waals surface area contributed by atoms with Crippen molar-refractivity contribution in [1.82, 2.24) is 14.1 Å². The first kappa shape index (κ1) is 21.6. The molecule has 3 rings (SSSR count). The predicted molar refractivity (Wildman–Crippen MR) is 120 cm³/mol. The van der Waals surface area contributed by atoms with Gasteiger partial charge in [0.05, 0.1) is 5.69 Å². The van der Waals surface area contributed by atoms with Gasteiger partial charge in [-0.25, -0.2) is 9.78 Å². The van der Waals surface area contributed by atoms with Crippen LogP contribution in [0.1, 0.15) is 83.1 Å². The third kappa shape index (κ3) is 4.90. The molecule has 29 heavy (non-hydrogen) atoms. The van der Waals surface area contributed by atoms with Gasteiger partial charge in [-0.3, -0.25) is 13.9 Å². The van der Waals surface area contributed by atoms with Gasteiger partial charge >= 0.3 is 5.69 Å². The minimum atomic E-state index is -0.337. The molecule has 0 bridgehead atoms. The molecule has 1 saturated carbocycles. The van der Waals surface area contributed by atoms with Crippen LogP contribution in [-0.4, -0.2) is 20.2 Å². The van der Waals surface area contributed by atoms with Crippen molar-refractivity contribution in [2.75, 3.05) is 5.32 Å². The summed E-state index contributed by atoms with van der Waals surface area (Å²) in [6.45, 7) is 2.08. The van der Waals surface area contributed by atoms with Crippen molar-refractivity contribution < 1.29 is 0 Å². The SMILES string of the molecule is CCc1cnc2c(c1NC1CCCCCCCCCCC1)c(=O)n(C)c(=O)n2C. The van der Waals surface area contributed by atoms with E-state index in [0.717, 1.165) is 30.5 Å². The van der Waals surface area contributed by atoms with Crippen LogP contribution in [0, 0.1) is 0 Å². The molecule has 6 nitrogen and oxygen atoms in total. The van der Waals surface area contributed by atoms with Crippen LogP contribution >= 0.6 is 0 Å². The molecule has 0 spiro atoms. The first-order chi connectivity index (χ1) is 14.0. The van der Waals surface area contributed by atoms with Crippen LogP contribution < -0.4 is 16.6 Å². The summed E-state index contributed by atoms with van der Waals surface area (Å²) in [7, 11) is 3.23. The molecule has 6 heteroatoms. The molecule has 1 N–H and O–H groups in total. The molecule has 1 aliphatic rings. The lowest BCUT2D eigenvalue weighted by atomic mass is 9.97.